The highest BCUT2D eigenvalue weighted by atomic mass is 32.2. The van der Waals surface area contributed by atoms with Crippen LogP contribution in [-0.4, -0.2) is 37.2 Å². The van der Waals surface area contributed by atoms with Crippen molar-refractivity contribution in [3.05, 3.63) is 28.8 Å². The number of aliphatic carboxylic acids is 1. The SMILES string of the molecule is CC(C)c1cc(C(C)C)c(S(=O)(=O)N[C@H](CO)C(=O)O)c(C(C)C)c1. The molecular weight excluding hydrogens is 342 g/mol. The zero-order valence-electron chi connectivity index (χ0n) is 15.7. The standard InChI is InChI=1S/C18H29NO5S/c1-10(2)13-7-14(11(3)4)17(15(8-13)12(5)6)25(23,24)19-16(9-20)18(21)22/h7-8,10-12,16,19-20H,9H2,1-6H3,(H,21,22)/t16-/m1/s1. The lowest BCUT2D eigenvalue weighted by Gasteiger charge is -2.23. The Kier molecular flexibility index (Phi) is 7.17. The lowest BCUT2D eigenvalue weighted by molar-refractivity contribution is -0.139. The third-order valence-corrected chi connectivity index (χ3v) is 5.73. The fraction of sp³-hybridized carbons (Fsp3) is 0.611. The van der Waals surface area contributed by atoms with Crippen molar-refractivity contribution in [2.45, 2.75) is 70.2 Å². The molecule has 0 saturated carbocycles. The number of carboxylic acids is 1. The molecule has 0 unspecified atom stereocenters. The van der Waals surface area contributed by atoms with Gasteiger partial charge in [0, 0.05) is 0 Å². The molecule has 142 valence electrons. The van der Waals surface area contributed by atoms with Gasteiger partial charge in [0.2, 0.25) is 10.0 Å². The van der Waals surface area contributed by atoms with Gasteiger partial charge in [0.05, 0.1) is 11.5 Å². The fourth-order valence-electron chi connectivity index (χ4n) is 2.61. The molecule has 0 aliphatic heterocycles. The van der Waals surface area contributed by atoms with E-state index in [-0.39, 0.29) is 22.6 Å². The van der Waals surface area contributed by atoms with Gasteiger partial charge in [0.1, 0.15) is 6.04 Å². The molecule has 0 amide bonds. The number of hydrogen-bond donors (Lipinski definition) is 3. The van der Waals surface area contributed by atoms with Gasteiger partial charge in [-0.15, -0.1) is 0 Å². The number of carbonyl (C=O) groups is 1. The van der Waals surface area contributed by atoms with Crippen molar-refractivity contribution in [2.24, 2.45) is 0 Å². The molecule has 0 aliphatic carbocycles. The monoisotopic (exact) mass is 371 g/mol. The molecule has 0 saturated heterocycles. The van der Waals surface area contributed by atoms with Gasteiger partial charge < -0.3 is 10.2 Å². The van der Waals surface area contributed by atoms with E-state index in [0.29, 0.717) is 11.1 Å². The van der Waals surface area contributed by atoms with Crippen LogP contribution in [0.1, 0.15) is 76.0 Å². The number of rotatable bonds is 8. The number of benzene rings is 1. The molecule has 0 radical (unpaired) electrons. The summed E-state index contributed by atoms with van der Waals surface area (Å²) < 4.78 is 28.0. The predicted molar refractivity (Wildman–Crippen MR) is 97.5 cm³/mol. The lowest BCUT2D eigenvalue weighted by atomic mass is 9.89. The Morgan fingerprint density at radius 1 is 1.00 bits per heavy atom. The van der Waals surface area contributed by atoms with Gasteiger partial charge in [-0.1, -0.05) is 53.7 Å². The molecule has 1 atom stereocenters. The third-order valence-electron chi connectivity index (χ3n) is 4.13. The Morgan fingerprint density at radius 3 is 1.72 bits per heavy atom. The third kappa shape index (κ3) is 5.03. The number of hydrogen-bond acceptors (Lipinski definition) is 4. The Bertz CT molecular complexity index is 694. The topological polar surface area (TPSA) is 104 Å². The van der Waals surface area contributed by atoms with E-state index < -0.39 is 28.6 Å². The second kappa shape index (κ2) is 8.29. The van der Waals surface area contributed by atoms with Crippen LogP contribution in [0.3, 0.4) is 0 Å². The van der Waals surface area contributed by atoms with E-state index in [0.717, 1.165) is 5.56 Å². The van der Waals surface area contributed by atoms with E-state index in [2.05, 4.69) is 4.72 Å². The molecule has 3 N–H and O–H groups in total. The van der Waals surface area contributed by atoms with Crippen molar-refractivity contribution in [1.82, 2.24) is 4.72 Å². The molecule has 1 aromatic rings. The first-order valence-electron chi connectivity index (χ1n) is 8.46. The van der Waals surface area contributed by atoms with Crippen LogP contribution in [-0.2, 0) is 14.8 Å². The van der Waals surface area contributed by atoms with E-state index in [1.54, 1.807) is 0 Å². The summed E-state index contributed by atoms with van der Waals surface area (Å²) in [6.45, 7) is 10.9. The van der Waals surface area contributed by atoms with Crippen molar-refractivity contribution in [2.75, 3.05) is 6.61 Å². The normalized spacial score (nSPS) is 13.7. The first-order chi connectivity index (χ1) is 11.4. The van der Waals surface area contributed by atoms with E-state index in [4.69, 9.17) is 5.11 Å². The molecular formula is C18H29NO5S. The maximum Gasteiger partial charge on any atom is 0.324 e. The van der Waals surface area contributed by atoms with Crippen LogP contribution in [0.4, 0.5) is 0 Å². The summed E-state index contributed by atoms with van der Waals surface area (Å²) in [7, 11) is -4.10. The van der Waals surface area contributed by atoms with E-state index in [1.165, 1.54) is 0 Å². The molecule has 25 heavy (non-hydrogen) atoms. The zero-order valence-corrected chi connectivity index (χ0v) is 16.5. The summed E-state index contributed by atoms with van der Waals surface area (Å²) in [6, 6.07) is 2.18. The Hall–Kier alpha value is -1.44. The molecule has 0 spiro atoms. The highest BCUT2D eigenvalue weighted by Gasteiger charge is 2.30. The highest BCUT2D eigenvalue weighted by Crippen LogP contribution is 2.35. The summed E-state index contributed by atoms with van der Waals surface area (Å²) in [5, 5.41) is 18.2. The van der Waals surface area contributed by atoms with Gasteiger partial charge in [-0.25, -0.2) is 8.42 Å². The molecule has 1 rings (SSSR count). The molecule has 0 heterocycles. The highest BCUT2D eigenvalue weighted by molar-refractivity contribution is 7.89. The Morgan fingerprint density at radius 2 is 1.44 bits per heavy atom. The van der Waals surface area contributed by atoms with Gasteiger partial charge >= 0.3 is 5.97 Å². The number of nitrogens with one attached hydrogen (secondary N) is 1. The number of sulfonamides is 1. The molecule has 0 aliphatic rings. The molecule has 1 aromatic carbocycles. The minimum Gasteiger partial charge on any atom is -0.480 e. The van der Waals surface area contributed by atoms with Gasteiger partial charge in [0.25, 0.3) is 0 Å². The average molecular weight is 371 g/mol. The lowest BCUT2D eigenvalue weighted by Crippen LogP contribution is -2.43. The number of aliphatic hydroxyl groups excluding tert-OH is 1. The van der Waals surface area contributed by atoms with Crippen molar-refractivity contribution in [1.29, 1.82) is 0 Å². The quantitative estimate of drug-likeness (QED) is 0.652. The van der Waals surface area contributed by atoms with Gasteiger partial charge in [0.15, 0.2) is 0 Å². The largest absolute Gasteiger partial charge is 0.480 e. The maximum absolute atomic E-state index is 13.0. The molecule has 7 heteroatoms. The molecule has 6 nitrogen and oxygen atoms in total. The predicted octanol–water partition coefficient (Wildman–Crippen LogP) is 2.78. The summed E-state index contributed by atoms with van der Waals surface area (Å²) in [5.74, 6) is -1.29. The summed E-state index contributed by atoms with van der Waals surface area (Å²) >= 11 is 0. The van der Waals surface area contributed by atoms with E-state index in [1.807, 2.05) is 53.7 Å². The van der Waals surface area contributed by atoms with Crippen LogP contribution in [0.5, 0.6) is 0 Å². The summed E-state index contributed by atoms with van der Waals surface area (Å²) in [4.78, 5) is 11.3. The van der Waals surface area contributed by atoms with Crippen LogP contribution in [0.2, 0.25) is 0 Å². The smallest absolute Gasteiger partial charge is 0.324 e. The van der Waals surface area contributed by atoms with E-state index >= 15 is 0 Å². The molecule has 0 bridgehead atoms. The second-order valence-electron chi connectivity index (χ2n) is 7.19. The van der Waals surface area contributed by atoms with Gasteiger partial charge in [-0.2, -0.15) is 4.72 Å². The summed E-state index contributed by atoms with van der Waals surface area (Å²) in [6.07, 6.45) is 0. The first kappa shape index (κ1) is 21.6. The minimum atomic E-state index is -4.10. The van der Waals surface area contributed by atoms with Crippen LogP contribution in [0.15, 0.2) is 17.0 Å². The van der Waals surface area contributed by atoms with Crippen LogP contribution in [0, 0.1) is 0 Å². The van der Waals surface area contributed by atoms with Crippen molar-refractivity contribution >= 4 is 16.0 Å². The number of aliphatic hydroxyl groups is 1. The Labute approximate surface area is 150 Å². The molecule has 0 aromatic heterocycles. The van der Waals surface area contributed by atoms with Crippen molar-refractivity contribution in [3.8, 4) is 0 Å². The van der Waals surface area contributed by atoms with Gasteiger partial charge in [-0.05, 0) is 34.4 Å². The Balaban J connectivity index is 3.68. The summed E-state index contributed by atoms with van der Waals surface area (Å²) in [5.41, 5.74) is 2.36. The second-order valence-corrected chi connectivity index (χ2v) is 8.84. The average Bonchev–Trinajstić information content (AvgIpc) is 2.50. The van der Waals surface area contributed by atoms with Crippen molar-refractivity contribution in [3.63, 3.8) is 0 Å². The first-order valence-corrected chi connectivity index (χ1v) is 9.94. The van der Waals surface area contributed by atoms with Gasteiger partial charge in [-0.3, -0.25) is 4.79 Å². The minimum absolute atomic E-state index is 0.0554. The zero-order chi connectivity index (χ0) is 19.5. The molecule has 0 fully saturated rings. The maximum atomic E-state index is 13.0. The van der Waals surface area contributed by atoms with E-state index in [9.17, 15) is 18.3 Å². The van der Waals surface area contributed by atoms with Crippen LogP contribution >= 0.6 is 0 Å². The van der Waals surface area contributed by atoms with Crippen LogP contribution < -0.4 is 4.72 Å². The number of carboxylic acid groups (broad SMARTS) is 1. The fourth-order valence-corrected chi connectivity index (χ4v) is 4.49. The van der Waals surface area contributed by atoms with Crippen LogP contribution in [0.25, 0.3) is 0 Å². The van der Waals surface area contributed by atoms with Crippen molar-refractivity contribution < 1.29 is 23.4 Å².